The maximum absolute atomic E-state index is 13.3. The Morgan fingerprint density at radius 2 is 1.98 bits per heavy atom. The molecule has 1 aromatic heterocycles. The Hall–Kier alpha value is -3.65. The standard InChI is InChI=1S/C29H27ClN6O2S2/c1-16(2)17-10-12-18(13-11-17)25-19(14-31)27(32)36(22-8-5-9-23(37)26(22)25)28-34-35-29(40-28)39-15-24(38)33-21-7-4-3-6-20(21)30/h3-4,6-7,10-13,16,25H,5,8-9,15,32H2,1-2H3,(H,33,38). The van der Waals surface area contributed by atoms with Crippen LogP contribution in [-0.4, -0.2) is 27.6 Å². The molecule has 0 saturated carbocycles. The van der Waals surface area contributed by atoms with Gasteiger partial charge < -0.3 is 11.1 Å². The van der Waals surface area contributed by atoms with E-state index in [1.54, 1.807) is 29.2 Å². The Morgan fingerprint density at radius 1 is 1.23 bits per heavy atom. The number of hydrogen-bond donors (Lipinski definition) is 2. The zero-order valence-corrected chi connectivity index (χ0v) is 24.4. The number of Topliss-reactive ketones (excluding diaryl/α,β-unsaturated/α-hetero) is 1. The molecule has 3 aromatic rings. The third-order valence-corrected chi connectivity index (χ3v) is 9.28. The lowest BCUT2D eigenvalue weighted by molar-refractivity contribution is -0.116. The summed E-state index contributed by atoms with van der Waals surface area (Å²) in [6, 6.07) is 17.4. The minimum Gasteiger partial charge on any atom is -0.384 e. The van der Waals surface area contributed by atoms with Gasteiger partial charge in [-0.25, -0.2) is 0 Å². The lowest BCUT2D eigenvalue weighted by Crippen LogP contribution is -2.38. The summed E-state index contributed by atoms with van der Waals surface area (Å²) in [5.41, 5.74) is 10.9. The molecule has 2 aromatic carbocycles. The third-order valence-electron chi connectivity index (χ3n) is 6.91. The van der Waals surface area contributed by atoms with Crippen molar-refractivity contribution in [3.63, 3.8) is 0 Å². The van der Waals surface area contributed by atoms with E-state index in [-0.39, 0.29) is 23.3 Å². The number of para-hydroxylation sites is 1. The Kier molecular flexibility index (Phi) is 8.26. The van der Waals surface area contributed by atoms with Gasteiger partial charge in [0.05, 0.1) is 34.0 Å². The van der Waals surface area contributed by atoms with Gasteiger partial charge in [-0.05, 0) is 42.0 Å². The van der Waals surface area contributed by atoms with Gasteiger partial charge in [-0.3, -0.25) is 14.5 Å². The fraction of sp³-hybridized carbons (Fsp3) is 0.276. The number of nitrogens with one attached hydrogen (secondary N) is 1. The van der Waals surface area contributed by atoms with Crippen molar-refractivity contribution in [2.75, 3.05) is 16.0 Å². The molecule has 1 amide bonds. The average molecular weight is 591 g/mol. The summed E-state index contributed by atoms with van der Waals surface area (Å²) in [5, 5.41) is 22.5. The number of carbonyl (C=O) groups excluding carboxylic acids is 2. The van der Waals surface area contributed by atoms with Crippen molar-refractivity contribution in [3.8, 4) is 6.07 Å². The SMILES string of the molecule is CC(C)c1ccc(C2C(C#N)=C(N)N(c3nnc(SCC(=O)Nc4ccccc4Cl)s3)C3=C2C(=O)CCC3)cc1. The summed E-state index contributed by atoms with van der Waals surface area (Å²) in [6.07, 6.45) is 1.73. The summed E-state index contributed by atoms with van der Waals surface area (Å²) in [4.78, 5) is 27.5. The molecule has 1 unspecified atom stereocenters. The molecular formula is C29H27ClN6O2S2. The molecule has 8 nitrogen and oxygen atoms in total. The minimum absolute atomic E-state index is 0.0137. The van der Waals surface area contributed by atoms with E-state index in [4.69, 9.17) is 17.3 Å². The van der Waals surface area contributed by atoms with Gasteiger partial charge in [0.2, 0.25) is 11.0 Å². The minimum atomic E-state index is -0.527. The molecule has 1 atom stereocenters. The van der Waals surface area contributed by atoms with Crippen LogP contribution >= 0.6 is 34.7 Å². The number of nitrogens with zero attached hydrogens (tertiary/aromatic N) is 4. The number of aromatic nitrogens is 2. The van der Waals surface area contributed by atoms with E-state index in [0.717, 1.165) is 11.3 Å². The molecule has 40 heavy (non-hydrogen) atoms. The van der Waals surface area contributed by atoms with Gasteiger partial charge in [0.1, 0.15) is 5.82 Å². The number of hydrogen-bond acceptors (Lipinski definition) is 9. The molecule has 204 valence electrons. The number of benzene rings is 2. The smallest absolute Gasteiger partial charge is 0.234 e. The number of amides is 1. The average Bonchev–Trinajstić information content (AvgIpc) is 3.41. The highest BCUT2D eigenvalue weighted by molar-refractivity contribution is 8.01. The number of nitriles is 1. The van der Waals surface area contributed by atoms with E-state index in [2.05, 4.69) is 35.4 Å². The van der Waals surface area contributed by atoms with Crippen LogP contribution in [0.25, 0.3) is 0 Å². The van der Waals surface area contributed by atoms with Gasteiger partial charge >= 0.3 is 0 Å². The Morgan fingerprint density at radius 3 is 2.67 bits per heavy atom. The molecule has 1 aliphatic carbocycles. The van der Waals surface area contributed by atoms with Crippen molar-refractivity contribution < 1.29 is 9.59 Å². The van der Waals surface area contributed by atoms with Crippen LogP contribution in [0.5, 0.6) is 0 Å². The number of carbonyl (C=O) groups is 2. The first-order valence-electron chi connectivity index (χ1n) is 12.8. The molecule has 0 fully saturated rings. The maximum Gasteiger partial charge on any atom is 0.234 e. The second-order valence-corrected chi connectivity index (χ2v) is 12.4. The molecule has 3 N–H and O–H groups in total. The molecule has 1 aliphatic heterocycles. The number of ketones is 1. The molecule has 0 spiro atoms. The first-order chi connectivity index (χ1) is 19.3. The summed E-state index contributed by atoms with van der Waals surface area (Å²) in [7, 11) is 0. The third kappa shape index (κ3) is 5.50. The van der Waals surface area contributed by atoms with Crippen LogP contribution in [0.3, 0.4) is 0 Å². The van der Waals surface area contributed by atoms with Crippen LogP contribution in [-0.2, 0) is 9.59 Å². The summed E-state index contributed by atoms with van der Waals surface area (Å²) < 4.78 is 0.561. The van der Waals surface area contributed by atoms with E-state index in [1.165, 1.54) is 28.7 Å². The molecule has 0 saturated heterocycles. The first kappa shape index (κ1) is 27.9. The van der Waals surface area contributed by atoms with Gasteiger partial charge in [-0.1, -0.05) is 84.9 Å². The van der Waals surface area contributed by atoms with Crippen LogP contribution in [0, 0.1) is 11.3 Å². The largest absolute Gasteiger partial charge is 0.384 e. The highest BCUT2D eigenvalue weighted by atomic mass is 35.5. The van der Waals surface area contributed by atoms with Crippen LogP contribution in [0.2, 0.25) is 5.02 Å². The first-order valence-corrected chi connectivity index (χ1v) is 15.0. The van der Waals surface area contributed by atoms with E-state index in [0.29, 0.717) is 56.5 Å². The summed E-state index contributed by atoms with van der Waals surface area (Å²) >= 11 is 8.63. The van der Waals surface area contributed by atoms with E-state index < -0.39 is 5.92 Å². The van der Waals surface area contributed by atoms with Crippen molar-refractivity contribution in [1.29, 1.82) is 5.26 Å². The van der Waals surface area contributed by atoms with Crippen LogP contribution < -0.4 is 16.0 Å². The quantitative estimate of drug-likeness (QED) is 0.305. The number of nitrogens with two attached hydrogens (primary N) is 1. The normalized spacial score (nSPS) is 17.2. The van der Waals surface area contributed by atoms with Gasteiger partial charge in [0, 0.05) is 17.7 Å². The zero-order chi connectivity index (χ0) is 28.4. The lowest BCUT2D eigenvalue weighted by atomic mass is 9.75. The fourth-order valence-corrected chi connectivity index (χ4v) is 6.80. The Balaban J connectivity index is 1.43. The number of halogens is 1. The fourth-order valence-electron chi connectivity index (χ4n) is 4.94. The van der Waals surface area contributed by atoms with Gasteiger partial charge in [0.15, 0.2) is 10.1 Å². The van der Waals surface area contributed by atoms with Gasteiger partial charge in [-0.15, -0.1) is 10.2 Å². The van der Waals surface area contributed by atoms with Gasteiger partial charge in [-0.2, -0.15) is 5.26 Å². The van der Waals surface area contributed by atoms with Crippen LogP contribution in [0.4, 0.5) is 10.8 Å². The topological polar surface area (TPSA) is 125 Å². The van der Waals surface area contributed by atoms with Crippen LogP contribution in [0.1, 0.15) is 56.1 Å². The zero-order valence-electron chi connectivity index (χ0n) is 22.0. The molecule has 0 bridgehead atoms. The number of rotatable bonds is 7. The summed E-state index contributed by atoms with van der Waals surface area (Å²) in [5.74, 6) is -0.0218. The van der Waals surface area contributed by atoms with Crippen LogP contribution in [0.15, 0.2) is 75.5 Å². The molecule has 2 heterocycles. The van der Waals surface area contributed by atoms with Gasteiger partial charge in [0.25, 0.3) is 0 Å². The Bertz CT molecular complexity index is 1570. The molecule has 2 aliphatic rings. The summed E-state index contributed by atoms with van der Waals surface area (Å²) in [6.45, 7) is 4.24. The molecule has 0 radical (unpaired) electrons. The maximum atomic E-state index is 13.3. The Labute approximate surface area is 245 Å². The number of allylic oxidation sites excluding steroid dienone is 3. The van der Waals surface area contributed by atoms with Crippen molar-refractivity contribution in [3.05, 3.63) is 87.3 Å². The highest BCUT2D eigenvalue weighted by Crippen LogP contribution is 2.47. The van der Waals surface area contributed by atoms with Crippen molar-refractivity contribution in [2.45, 2.75) is 49.3 Å². The predicted octanol–water partition coefficient (Wildman–Crippen LogP) is 6.35. The predicted molar refractivity (Wildman–Crippen MR) is 159 cm³/mol. The van der Waals surface area contributed by atoms with Crippen molar-refractivity contribution in [2.24, 2.45) is 5.73 Å². The van der Waals surface area contributed by atoms with E-state index >= 15 is 0 Å². The molecule has 11 heteroatoms. The lowest BCUT2D eigenvalue weighted by Gasteiger charge is -2.38. The molecule has 5 rings (SSSR count). The monoisotopic (exact) mass is 590 g/mol. The second-order valence-electron chi connectivity index (χ2n) is 9.80. The highest BCUT2D eigenvalue weighted by Gasteiger charge is 2.41. The van der Waals surface area contributed by atoms with E-state index in [1.807, 2.05) is 24.3 Å². The molecular weight excluding hydrogens is 564 g/mol. The van der Waals surface area contributed by atoms with Crippen molar-refractivity contribution >= 4 is 57.2 Å². The number of anilines is 2. The second kappa shape index (κ2) is 11.8. The van der Waals surface area contributed by atoms with Crippen molar-refractivity contribution in [1.82, 2.24) is 10.2 Å². The number of thioether (sulfide) groups is 1. The van der Waals surface area contributed by atoms with E-state index in [9.17, 15) is 14.9 Å².